The zero-order chi connectivity index (χ0) is 12.4. The van der Waals surface area contributed by atoms with Crippen LogP contribution in [-0.4, -0.2) is 29.8 Å². The molecule has 17 heavy (non-hydrogen) atoms. The lowest BCUT2D eigenvalue weighted by Gasteiger charge is -2.11. The third-order valence-electron chi connectivity index (χ3n) is 3.06. The molecule has 1 aromatic heterocycles. The summed E-state index contributed by atoms with van der Waals surface area (Å²) in [5.41, 5.74) is 7.10. The molecular formula is C11H17N3O3. The molecule has 6 heteroatoms. The van der Waals surface area contributed by atoms with Crippen molar-refractivity contribution in [3.63, 3.8) is 0 Å². The van der Waals surface area contributed by atoms with Gasteiger partial charge >= 0.3 is 0 Å². The molecule has 0 bridgehead atoms. The summed E-state index contributed by atoms with van der Waals surface area (Å²) in [6, 6.07) is 0. The van der Waals surface area contributed by atoms with Crippen LogP contribution in [0.1, 0.15) is 24.1 Å². The van der Waals surface area contributed by atoms with Gasteiger partial charge in [0.2, 0.25) is 5.88 Å². The van der Waals surface area contributed by atoms with Crippen molar-refractivity contribution in [1.29, 1.82) is 0 Å². The third kappa shape index (κ3) is 2.48. The summed E-state index contributed by atoms with van der Waals surface area (Å²) in [6.07, 6.45) is 1.07. The maximum atomic E-state index is 11.9. The van der Waals surface area contributed by atoms with E-state index in [1.165, 1.54) is 0 Å². The number of aromatic nitrogens is 1. The minimum absolute atomic E-state index is 0.0108. The standard InChI is InChI=1S/C11H17N3O3/c1-6-7(2)14-17-11(6)13-10(15)9-4-3-8(5-12)16-9/h8-9H,3-5,12H2,1-2H3,(H,13,15). The van der Waals surface area contributed by atoms with Crippen LogP contribution in [-0.2, 0) is 9.53 Å². The molecule has 0 spiro atoms. The van der Waals surface area contributed by atoms with Gasteiger partial charge in [0, 0.05) is 12.1 Å². The molecule has 1 aliphatic rings. The molecule has 2 heterocycles. The fraction of sp³-hybridized carbons (Fsp3) is 0.636. The van der Waals surface area contributed by atoms with Gasteiger partial charge in [0.25, 0.3) is 5.91 Å². The predicted molar refractivity (Wildman–Crippen MR) is 61.6 cm³/mol. The average Bonchev–Trinajstić information content (AvgIpc) is 2.91. The molecule has 0 saturated carbocycles. The summed E-state index contributed by atoms with van der Waals surface area (Å²) in [4.78, 5) is 11.9. The number of carbonyl (C=O) groups is 1. The van der Waals surface area contributed by atoms with Gasteiger partial charge < -0.3 is 15.0 Å². The van der Waals surface area contributed by atoms with Gasteiger partial charge in [-0.2, -0.15) is 0 Å². The molecule has 3 N–H and O–H groups in total. The number of amides is 1. The number of hydrogen-bond acceptors (Lipinski definition) is 5. The van der Waals surface area contributed by atoms with Crippen molar-refractivity contribution in [2.75, 3.05) is 11.9 Å². The van der Waals surface area contributed by atoms with Crippen LogP contribution in [0.15, 0.2) is 4.52 Å². The number of rotatable bonds is 3. The van der Waals surface area contributed by atoms with Crippen LogP contribution in [0, 0.1) is 13.8 Å². The van der Waals surface area contributed by atoms with Crippen molar-refractivity contribution < 1.29 is 14.1 Å². The summed E-state index contributed by atoms with van der Waals surface area (Å²) in [5.74, 6) is 0.201. The van der Waals surface area contributed by atoms with E-state index in [1.54, 1.807) is 0 Å². The Hall–Kier alpha value is -1.40. The van der Waals surface area contributed by atoms with E-state index in [-0.39, 0.29) is 12.0 Å². The molecule has 1 aliphatic heterocycles. The number of nitrogens with zero attached hydrogens (tertiary/aromatic N) is 1. The lowest BCUT2D eigenvalue weighted by atomic mass is 10.2. The van der Waals surface area contributed by atoms with Crippen LogP contribution >= 0.6 is 0 Å². The normalized spacial score (nSPS) is 23.9. The summed E-state index contributed by atoms with van der Waals surface area (Å²) >= 11 is 0. The lowest BCUT2D eigenvalue weighted by Crippen LogP contribution is -2.29. The second-order valence-corrected chi connectivity index (χ2v) is 4.27. The number of anilines is 1. The smallest absolute Gasteiger partial charge is 0.255 e. The molecule has 2 unspecified atom stereocenters. The number of ether oxygens (including phenoxy) is 1. The van der Waals surface area contributed by atoms with Gasteiger partial charge in [0.1, 0.15) is 6.10 Å². The van der Waals surface area contributed by atoms with Gasteiger partial charge in [0.15, 0.2) is 0 Å². The van der Waals surface area contributed by atoms with Gasteiger partial charge in [-0.15, -0.1) is 0 Å². The topological polar surface area (TPSA) is 90.4 Å². The van der Waals surface area contributed by atoms with Crippen LogP contribution < -0.4 is 11.1 Å². The van der Waals surface area contributed by atoms with E-state index in [0.29, 0.717) is 18.8 Å². The number of carbonyl (C=O) groups excluding carboxylic acids is 1. The minimum atomic E-state index is -0.437. The first kappa shape index (κ1) is 12.1. The maximum absolute atomic E-state index is 11.9. The SMILES string of the molecule is Cc1noc(NC(=O)C2CCC(CN)O2)c1C. The van der Waals surface area contributed by atoms with Crippen molar-refractivity contribution in [3.05, 3.63) is 11.3 Å². The molecule has 2 rings (SSSR count). The fourth-order valence-electron chi connectivity index (χ4n) is 1.80. The minimum Gasteiger partial charge on any atom is -0.364 e. The average molecular weight is 239 g/mol. The summed E-state index contributed by atoms with van der Waals surface area (Å²) in [6.45, 7) is 4.12. The first-order chi connectivity index (χ1) is 8.11. The van der Waals surface area contributed by atoms with E-state index in [4.69, 9.17) is 15.0 Å². The largest absolute Gasteiger partial charge is 0.364 e. The first-order valence-electron chi connectivity index (χ1n) is 5.71. The van der Waals surface area contributed by atoms with Crippen LogP contribution in [0.4, 0.5) is 5.88 Å². The zero-order valence-corrected chi connectivity index (χ0v) is 10.0. The third-order valence-corrected chi connectivity index (χ3v) is 3.06. The van der Waals surface area contributed by atoms with Crippen molar-refractivity contribution in [2.24, 2.45) is 5.73 Å². The Labute approximate surface area is 99.5 Å². The van der Waals surface area contributed by atoms with Crippen LogP contribution in [0.5, 0.6) is 0 Å². The molecule has 94 valence electrons. The van der Waals surface area contributed by atoms with Crippen molar-refractivity contribution in [3.8, 4) is 0 Å². The van der Waals surface area contributed by atoms with Crippen molar-refractivity contribution >= 4 is 11.8 Å². The van der Waals surface area contributed by atoms with Crippen LogP contribution in [0.3, 0.4) is 0 Å². The molecule has 0 aromatic carbocycles. The summed E-state index contributed by atoms with van der Waals surface area (Å²) in [5, 5.41) is 6.46. The molecule has 1 fully saturated rings. The second-order valence-electron chi connectivity index (χ2n) is 4.27. The van der Waals surface area contributed by atoms with Gasteiger partial charge in [-0.1, -0.05) is 5.16 Å². The molecule has 0 aliphatic carbocycles. The number of nitrogens with one attached hydrogen (secondary N) is 1. The fourth-order valence-corrected chi connectivity index (χ4v) is 1.80. The van der Waals surface area contributed by atoms with Crippen molar-refractivity contribution in [1.82, 2.24) is 5.16 Å². The highest BCUT2D eigenvalue weighted by Crippen LogP contribution is 2.22. The lowest BCUT2D eigenvalue weighted by molar-refractivity contribution is -0.126. The monoisotopic (exact) mass is 239 g/mol. The van der Waals surface area contributed by atoms with Crippen LogP contribution in [0.2, 0.25) is 0 Å². The Bertz CT molecular complexity index is 416. The first-order valence-corrected chi connectivity index (χ1v) is 5.71. The molecule has 1 aromatic rings. The molecule has 2 atom stereocenters. The summed E-state index contributed by atoms with van der Waals surface area (Å²) < 4.78 is 10.5. The van der Waals surface area contributed by atoms with Crippen LogP contribution in [0.25, 0.3) is 0 Å². The van der Waals surface area contributed by atoms with E-state index < -0.39 is 6.10 Å². The highest BCUT2D eigenvalue weighted by molar-refractivity contribution is 5.93. The number of nitrogens with two attached hydrogens (primary N) is 1. The van der Waals surface area contributed by atoms with E-state index in [9.17, 15) is 4.79 Å². The Balaban J connectivity index is 1.96. The maximum Gasteiger partial charge on any atom is 0.255 e. The zero-order valence-electron chi connectivity index (χ0n) is 10.0. The van der Waals surface area contributed by atoms with E-state index in [0.717, 1.165) is 17.7 Å². The quantitative estimate of drug-likeness (QED) is 0.811. The van der Waals surface area contributed by atoms with E-state index in [1.807, 2.05) is 13.8 Å². The highest BCUT2D eigenvalue weighted by atomic mass is 16.5. The van der Waals surface area contributed by atoms with Gasteiger partial charge in [-0.3, -0.25) is 10.1 Å². The molecular weight excluding hydrogens is 222 g/mol. The molecule has 0 radical (unpaired) electrons. The predicted octanol–water partition coefficient (Wildman–Crippen LogP) is 0.736. The highest BCUT2D eigenvalue weighted by Gasteiger charge is 2.30. The van der Waals surface area contributed by atoms with E-state index >= 15 is 0 Å². The molecule has 6 nitrogen and oxygen atoms in total. The Morgan fingerprint density at radius 3 is 2.82 bits per heavy atom. The number of hydrogen-bond donors (Lipinski definition) is 2. The molecule has 1 amide bonds. The second kappa shape index (κ2) is 4.85. The van der Waals surface area contributed by atoms with Gasteiger partial charge in [-0.25, -0.2) is 0 Å². The number of aryl methyl sites for hydroxylation is 1. The van der Waals surface area contributed by atoms with Gasteiger partial charge in [0.05, 0.1) is 11.8 Å². The van der Waals surface area contributed by atoms with Gasteiger partial charge in [-0.05, 0) is 26.7 Å². The summed E-state index contributed by atoms with van der Waals surface area (Å²) in [7, 11) is 0. The molecule has 1 saturated heterocycles. The van der Waals surface area contributed by atoms with Crippen molar-refractivity contribution in [2.45, 2.75) is 38.9 Å². The Kier molecular flexibility index (Phi) is 3.44. The van der Waals surface area contributed by atoms with E-state index in [2.05, 4.69) is 10.5 Å². The Morgan fingerprint density at radius 1 is 1.53 bits per heavy atom. The Morgan fingerprint density at radius 2 is 2.29 bits per heavy atom.